The minimum Gasteiger partial charge on any atom is -0.358 e. The van der Waals surface area contributed by atoms with E-state index in [1.54, 1.807) is 12.4 Å². The van der Waals surface area contributed by atoms with Gasteiger partial charge in [-0.1, -0.05) is 29.8 Å². The molecule has 3 heterocycles. The van der Waals surface area contributed by atoms with Crippen molar-refractivity contribution in [3.05, 3.63) is 71.8 Å². The topological polar surface area (TPSA) is 84.3 Å². The van der Waals surface area contributed by atoms with E-state index in [-0.39, 0.29) is 11.1 Å². The predicted molar refractivity (Wildman–Crippen MR) is 110 cm³/mol. The van der Waals surface area contributed by atoms with Gasteiger partial charge >= 0.3 is 0 Å². The Bertz CT molecular complexity index is 1330. The van der Waals surface area contributed by atoms with Crippen molar-refractivity contribution in [2.24, 2.45) is 0 Å². The van der Waals surface area contributed by atoms with Crippen molar-refractivity contribution in [2.45, 2.75) is 13.0 Å². The summed E-state index contributed by atoms with van der Waals surface area (Å²) >= 11 is 6.33. The lowest BCUT2D eigenvalue weighted by molar-refractivity contribution is 0.629. The first-order valence-electron chi connectivity index (χ1n) is 8.96. The van der Waals surface area contributed by atoms with Gasteiger partial charge in [0.2, 0.25) is 0 Å². The van der Waals surface area contributed by atoms with E-state index in [9.17, 15) is 4.39 Å². The molecule has 1 atom stereocenters. The summed E-state index contributed by atoms with van der Waals surface area (Å²) in [6.07, 6.45) is 3.02. The number of aromatic nitrogens is 6. The highest BCUT2D eigenvalue weighted by Gasteiger charge is 2.22. The van der Waals surface area contributed by atoms with Crippen LogP contribution in [0.25, 0.3) is 27.9 Å². The molecule has 0 radical (unpaired) electrons. The summed E-state index contributed by atoms with van der Waals surface area (Å²) in [5, 5.41) is 3.39. The molecule has 5 aromatic rings. The highest BCUT2D eigenvalue weighted by molar-refractivity contribution is 6.35. The lowest BCUT2D eigenvalue weighted by Crippen LogP contribution is -2.14. The standard InChI is InChI=1S/C20H15ClFN7/c1-11(27-19-16-18(24-9-23-16)25-10-26-19)20-28-14-8-7-13(22)15(21)17(14)29(20)12-5-3-2-4-6-12/h2-11H,1H3,(H2,23,24,25,26,27). The van der Waals surface area contributed by atoms with E-state index in [2.05, 4.69) is 25.3 Å². The van der Waals surface area contributed by atoms with Crippen LogP contribution in [-0.4, -0.2) is 29.5 Å². The Hall–Kier alpha value is -3.52. The van der Waals surface area contributed by atoms with Gasteiger partial charge in [-0.05, 0) is 31.2 Å². The molecule has 3 aromatic heterocycles. The first kappa shape index (κ1) is 17.6. The number of hydrogen-bond donors (Lipinski definition) is 2. The maximum absolute atomic E-state index is 14.2. The lowest BCUT2D eigenvalue weighted by Gasteiger charge is -2.17. The number of imidazole rings is 2. The number of fused-ring (bicyclic) bond motifs is 2. The number of nitrogens with one attached hydrogen (secondary N) is 2. The molecule has 0 aliphatic carbocycles. The molecule has 0 bridgehead atoms. The Labute approximate surface area is 169 Å². The molecule has 2 aromatic carbocycles. The molecule has 0 saturated heterocycles. The summed E-state index contributed by atoms with van der Waals surface area (Å²) < 4.78 is 16.1. The van der Waals surface area contributed by atoms with E-state index in [1.165, 1.54) is 12.4 Å². The number of rotatable bonds is 4. The van der Waals surface area contributed by atoms with E-state index >= 15 is 0 Å². The van der Waals surface area contributed by atoms with Crippen molar-refractivity contribution >= 4 is 39.6 Å². The van der Waals surface area contributed by atoms with Crippen LogP contribution in [0.1, 0.15) is 18.8 Å². The Morgan fingerprint density at radius 1 is 1.10 bits per heavy atom. The van der Waals surface area contributed by atoms with Crippen molar-refractivity contribution < 1.29 is 4.39 Å². The minimum atomic E-state index is -0.488. The van der Waals surface area contributed by atoms with Gasteiger partial charge in [-0.25, -0.2) is 24.3 Å². The fraction of sp³-hybridized carbons (Fsp3) is 0.100. The Morgan fingerprint density at radius 2 is 1.93 bits per heavy atom. The van der Waals surface area contributed by atoms with Crippen molar-refractivity contribution in [3.63, 3.8) is 0 Å². The van der Waals surface area contributed by atoms with Crippen LogP contribution in [-0.2, 0) is 0 Å². The molecular formula is C20H15ClFN7. The molecule has 144 valence electrons. The third-order valence-corrected chi connectivity index (χ3v) is 5.07. The molecule has 2 N–H and O–H groups in total. The van der Waals surface area contributed by atoms with Gasteiger partial charge in [0.15, 0.2) is 11.5 Å². The predicted octanol–water partition coefficient (Wildman–Crippen LogP) is 4.66. The number of H-pyrrole nitrogens is 1. The summed E-state index contributed by atoms with van der Waals surface area (Å²) in [6, 6.07) is 12.3. The second-order valence-corrected chi connectivity index (χ2v) is 6.94. The third-order valence-electron chi connectivity index (χ3n) is 4.71. The SMILES string of the molecule is CC(Nc1ncnc2nc[nH]c12)c1nc2ccc(F)c(Cl)c2n1-c1ccccc1. The second-order valence-electron chi connectivity index (χ2n) is 6.56. The molecule has 0 amide bonds. The smallest absolute Gasteiger partial charge is 0.182 e. The number of para-hydroxylation sites is 1. The first-order valence-corrected chi connectivity index (χ1v) is 9.33. The molecule has 0 aliphatic rings. The van der Waals surface area contributed by atoms with Crippen LogP contribution in [0.3, 0.4) is 0 Å². The molecule has 0 fully saturated rings. The molecule has 7 nitrogen and oxygen atoms in total. The average molecular weight is 408 g/mol. The second kappa shape index (κ2) is 6.82. The minimum absolute atomic E-state index is 0.0373. The fourth-order valence-corrected chi connectivity index (χ4v) is 3.64. The number of benzene rings is 2. The van der Waals surface area contributed by atoms with Crippen LogP contribution in [0.4, 0.5) is 10.2 Å². The monoisotopic (exact) mass is 407 g/mol. The summed E-state index contributed by atoms with van der Waals surface area (Å²) in [4.78, 5) is 20.4. The van der Waals surface area contributed by atoms with Gasteiger partial charge in [-0.3, -0.25) is 4.57 Å². The third kappa shape index (κ3) is 2.89. The highest BCUT2D eigenvalue weighted by atomic mass is 35.5. The zero-order valence-electron chi connectivity index (χ0n) is 15.3. The summed E-state index contributed by atoms with van der Waals surface area (Å²) in [5.74, 6) is 0.785. The van der Waals surface area contributed by atoms with Crippen LogP contribution in [0.5, 0.6) is 0 Å². The van der Waals surface area contributed by atoms with E-state index in [1.807, 2.05) is 41.8 Å². The van der Waals surface area contributed by atoms with Crippen molar-refractivity contribution in [2.75, 3.05) is 5.32 Å². The normalized spacial score (nSPS) is 12.5. The molecule has 5 rings (SSSR count). The summed E-state index contributed by atoms with van der Waals surface area (Å²) in [6.45, 7) is 1.95. The number of anilines is 1. The molecular weight excluding hydrogens is 393 g/mol. The van der Waals surface area contributed by atoms with E-state index < -0.39 is 5.82 Å². The van der Waals surface area contributed by atoms with E-state index in [0.29, 0.717) is 33.8 Å². The maximum atomic E-state index is 14.2. The van der Waals surface area contributed by atoms with Crippen molar-refractivity contribution in [3.8, 4) is 5.69 Å². The molecule has 0 spiro atoms. The maximum Gasteiger partial charge on any atom is 0.182 e. The number of halogens is 2. The zero-order valence-corrected chi connectivity index (χ0v) is 16.0. The zero-order chi connectivity index (χ0) is 20.0. The molecule has 0 saturated carbocycles. The Kier molecular flexibility index (Phi) is 4.13. The first-order chi connectivity index (χ1) is 14.1. The van der Waals surface area contributed by atoms with Gasteiger partial charge in [0, 0.05) is 5.69 Å². The van der Waals surface area contributed by atoms with Crippen LogP contribution in [0, 0.1) is 5.82 Å². The van der Waals surface area contributed by atoms with Gasteiger partial charge in [-0.2, -0.15) is 0 Å². The van der Waals surface area contributed by atoms with Gasteiger partial charge in [0.25, 0.3) is 0 Å². The number of nitrogens with zero attached hydrogens (tertiary/aromatic N) is 5. The molecule has 0 aliphatic heterocycles. The van der Waals surface area contributed by atoms with E-state index in [0.717, 1.165) is 5.69 Å². The van der Waals surface area contributed by atoms with Crippen LogP contribution in [0.2, 0.25) is 5.02 Å². The Morgan fingerprint density at radius 3 is 2.76 bits per heavy atom. The average Bonchev–Trinajstić information content (AvgIpc) is 3.37. The lowest BCUT2D eigenvalue weighted by atomic mass is 10.2. The summed E-state index contributed by atoms with van der Waals surface area (Å²) in [7, 11) is 0. The highest BCUT2D eigenvalue weighted by Crippen LogP contribution is 2.33. The Balaban J connectivity index is 1.68. The van der Waals surface area contributed by atoms with Gasteiger partial charge < -0.3 is 10.3 Å². The summed E-state index contributed by atoms with van der Waals surface area (Å²) in [5.41, 5.74) is 3.23. The molecule has 9 heteroatoms. The van der Waals surface area contributed by atoms with Crippen LogP contribution < -0.4 is 5.32 Å². The van der Waals surface area contributed by atoms with Crippen molar-refractivity contribution in [1.29, 1.82) is 0 Å². The van der Waals surface area contributed by atoms with Crippen LogP contribution in [0.15, 0.2) is 55.1 Å². The molecule has 1 unspecified atom stereocenters. The quantitative estimate of drug-likeness (QED) is 0.452. The number of hydrogen-bond acceptors (Lipinski definition) is 5. The molecule has 29 heavy (non-hydrogen) atoms. The van der Waals surface area contributed by atoms with Gasteiger partial charge in [0.1, 0.15) is 28.5 Å². The van der Waals surface area contributed by atoms with Gasteiger partial charge in [0.05, 0.1) is 23.4 Å². The largest absolute Gasteiger partial charge is 0.358 e. The fourth-order valence-electron chi connectivity index (χ4n) is 3.39. The van der Waals surface area contributed by atoms with Crippen LogP contribution >= 0.6 is 11.6 Å². The van der Waals surface area contributed by atoms with Gasteiger partial charge in [-0.15, -0.1) is 0 Å². The number of aromatic amines is 1. The van der Waals surface area contributed by atoms with E-state index in [4.69, 9.17) is 16.6 Å². The van der Waals surface area contributed by atoms with Crippen molar-refractivity contribution in [1.82, 2.24) is 29.5 Å².